The highest BCUT2D eigenvalue weighted by Crippen LogP contribution is 2.11. The van der Waals surface area contributed by atoms with E-state index in [4.69, 9.17) is 10.3 Å². The summed E-state index contributed by atoms with van der Waals surface area (Å²) in [6, 6.07) is -1.09. The molecular weight excluding hydrogens is 330 g/mol. The second kappa shape index (κ2) is 18.1. The molecule has 1 N–H and O–H groups in total. The van der Waals surface area contributed by atoms with Crippen molar-refractivity contribution < 1.29 is 14.6 Å². The van der Waals surface area contributed by atoms with E-state index >= 15 is 0 Å². The van der Waals surface area contributed by atoms with E-state index < -0.39 is 18.1 Å². The van der Waals surface area contributed by atoms with Crippen molar-refractivity contribution in [1.29, 1.82) is 0 Å². The number of ether oxygens (including phenoxy) is 1. The minimum atomic E-state index is -1.53. The van der Waals surface area contributed by atoms with Crippen molar-refractivity contribution in [2.75, 3.05) is 6.61 Å². The molecule has 148 valence electrons. The van der Waals surface area contributed by atoms with Gasteiger partial charge in [0.05, 0.1) is 6.61 Å². The molecule has 0 saturated heterocycles. The lowest BCUT2D eigenvalue weighted by atomic mass is 10.1. The van der Waals surface area contributed by atoms with Gasteiger partial charge in [0.15, 0.2) is 6.10 Å². The number of hydrogen-bond acceptors (Lipinski definition) is 4. The Labute approximate surface area is 158 Å². The van der Waals surface area contributed by atoms with Crippen molar-refractivity contribution in [3.05, 3.63) is 10.4 Å². The third-order valence-corrected chi connectivity index (χ3v) is 4.16. The van der Waals surface area contributed by atoms with Crippen molar-refractivity contribution >= 4 is 5.97 Å². The van der Waals surface area contributed by atoms with Gasteiger partial charge in [0, 0.05) is 11.3 Å². The number of azide groups is 1. The minimum absolute atomic E-state index is 0.158. The molecule has 6 heteroatoms. The van der Waals surface area contributed by atoms with Crippen molar-refractivity contribution in [2.45, 2.75) is 103 Å². The van der Waals surface area contributed by atoms with E-state index in [1.807, 2.05) is 0 Å². The monoisotopic (exact) mass is 365 g/mol. The zero-order valence-corrected chi connectivity index (χ0v) is 16.5. The van der Waals surface area contributed by atoms with Crippen molar-refractivity contribution in [3.63, 3.8) is 0 Å². The maximum absolute atomic E-state index is 11.5. The molecule has 0 aromatic rings. The van der Waals surface area contributed by atoms with Gasteiger partial charge in [0.25, 0.3) is 0 Å². The molecule has 0 aliphatic carbocycles. The summed E-state index contributed by atoms with van der Waals surface area (Å²) < 4.78 is 4.71. The third kappa shape index (κ3) is 13.6. The Morgan fingerprint density at radius 2 is 1.58 bits per heavy atom. The average Bonchev–Trinajstić information content (AvgIpc) is 2.64. The molecular formula is C20H35N3O3. The lowest BCUT2D eigenvalue weighted by Gasteiger charge is -2.11. The van der Waals surface area contributed by atoms with E-state index in [1.54, 1.807) is 6.92 Å². The van der Waals surface area contributed by atoms with Crippen LogP contribution in [0.5, 0.6) is 0 Å². The molecule has 2 atom stereocenters. The molecule has 0 unspecified atom stereocenters. The molecule has 0 spiro atoms. The fourth-order valence-electron chi connectivity index (χ4n) is 2.64. The lowest BCUT2D eigenvalue weighted by Crippen LogP contribution is -2.33. The number of carbonyl (C=O) groups excluding carboxylic acids is 1. The summed E-state index contributed by atoms with van der Waals surface area (Å²) in [5, 5.41) is 13.2. The molecule has 0 fully saturated rings. The molecule has 0 aliphatic heterocycles. The van der Waals surface area contributed by atoms with Crippen LogP contribution in [0.4, 0.5) is 0 Å². The zero-order chi connectivity index (χ0) is 19.5. The van der Waals surface area contributed by atoms with E-state index in [0.717, 1.165) is 12.8 Å². The van der Waals surface area contributed by atoms with Crippen molar-refractivity contribution in [3.8, 4) is 11.8 Å². The lowest BCUT2D eigenvalue weighted by molar-refractivity contribution is -0.153. The second-order valence-electron chi connectivity index (χ2n) is 6.45. The first-order chi connectivity index (χ1) is 12.7. The van der Waals surface area contributed by atoms with Gasteiger partial charge in [-0.2, -0.15) is 0 Å². The number of aliphatic hydroxyl groups is 1. The summed E-state index contributed by atoms with van der Waals surface area (Å²) in [5.74, 6) is 4.76. The van der Waals surface area contributed by atoms with E-state index in [9.17, 15) is 9.90 Å². The van der Waals surface area contributed by atoms with E-state index in [-0.39, 0.29) is 6.61 Å². The fraction of sp³-hybridized carbons (Fsp3) is 0.850. The highest BCUT2D eigenvalue weighted by molar-refractivity contribution is 5.76. The molecule has 0 saturated carbocycles. The Balaban J connectivity index is 3.81. The van der Waals surface area contributed by atoms with E-state index in [2.05, 4.69) is 28.8 Å². The summed E-state index contributed by atoms with van der Waals surface area (Å²) in [5.41, 5.74) is 8.53. The Bertz CT molecular complexity index is 465. The molecule has 6 nitrogen and oxygen atoms in total. The highest BCUT2D eigenvalue weighted by Gasteiger charge is 2.24. The molecule has 0 aromatic carbocycles. The van der Waals surface area contributed by atoms with Gasteiger partial charge in [-0.1, -0.05) is 82.2 Å². The van der Waals surface area contributed by atoms with Crippen LogP contribution in [-0.4, -0.2) is 29.8 Å². The van der Waals surface area contributed by atoms with Gasteiger partial charge >= 0.3 is 5.97 Å². The summed E-state index contributed by atoms with van der Waals surface area (Å²) in [4.78, 5) is 14.1. The molecule has 0 heterocycles. The minimum Gasteiger partial charge on any atom is -0.464 e. The molecule has 0 rings (SSSR count). The van der Waals surface area contributed by atoms with Gasteiger partial charge in [0.1, 0.15) is 6.04 Å². The largest absolute Gasteiger partial charge is 0.464 e. The maximum atomic E-state index is 11.5. The first-order valence-electron chi connectivity index (χ1n) is 10.0. The Morgan fingerprint density at radius 3 is 2.08 bits per heavy atom. The van der Waals surface area contributed by atoms with E-state index in [0.29, 0.717) is 6.42 Å². The van der Waals surface area contributed by atoms with Crippen LogP contribution < -0.4 is 0 Å². The Morgan fingerprint density at radius 1 is 1.04 bits per heavy atom. The number of esters is 1. The molecule has 0 bridgehead atoms. The second-order valence-corrected chi connectivity index (χ2v) is 6.45. The summed E-state index contributed by atoms with van der Waals surface area (Å²) in [6.07, 6.45) is 13.1. The van der Waals surface area contributed by atoms with E-state index in [1.165, 1.54) is 57.8 Å². The van der Waals surface area contributed by atoms with Gasteiger partial charge in [-0.25, -0.2) is 4.79 Å². The summed E-state index contributed by atoms with van der Waals surface area (Å²) in [6.45, 7) is 4.04. The van der Waals surface area contributed by atoms with Crippen LogP contribution in [0.25, 0.3) is 10.4 Å². The summed E-state index contributed by atoms with van der Waals surface area (Å²) in [7, 11) is 0. The fourth-order valence-corrected chi connectivity index (χ4v) is 2.64. The first-order valence-corrected chi connectivity index (χ1v) is 10.0. The molecule has 0 aliphatic rings. The van der Waals surface area contributed by atoms with Gasteiger partial charge in [-0.3, -0.25) is 0 Å². The zero-order valence-electron chi connectivity index (χ0n) is 16.5. The maximum Gasteiger partial charge on any atom is 0.336 e. The van der Waals surface area contributed by atoms with Crippen LogP contribution in [0, 0.1) is 11.8 Å². The van der Waals surface area contributed by atoms with Crippen LogP contribution in [0.1, 0.15) is 90.9 Å². The normalized spacial score (nSPS) is 12.4. The number of carbonyl (C=O) groups is 1. The predicted octanol–water partition coefficient (Wildman–Crippen LogP) is 5.29. The molecule has 26 heavy (non-hydrogen) atoms. The average molecular weight is 366 g/mol. The number of nitrogens with zero attached hydrogens (tertiary/aromatic N) is 3. The van der Waals surface area contributed by atoms with Crippen LogP contribution in [0.2, 0.25) is 0 Å². The first kappa shape index (κ1) is 24.3. The van der Waals surface area contributed by atoms with Gasteiger partial charge in [-0.05, 0) is 18.9 Å². The van der Waals surface area contributed by atoms with Crippen LogP contribution in [0.15, 0.2) is 5.11 Å². The predicted molar refractivity (Wildman–Crippen MR) is 104 cm³/mol. The Kier molecular flexibility index (Phi) is 16.9. The number of unbranched alkanes of at least 4 members (excludes halogenated alkanes) is 11. The molecule has 0 amide bonds. The third-order valence-electron chi connectivity index (χ3n) is 4.16. The topological polar surface area (TPSA) is 95.3 Å². The smallest absolute Gasteiger partial charge is 0.336 e. The number of hydrogen-bond donors (Lipinski definition) is 1. The van der Waals surface area contributed by atoms with Crippen molar-refractivity contribution in [1.82, 2.24) is 0 Å². The number of rotatable bonds is 15. The quantitative estimate of drug-likeness (QED) is 0.107. The Hall–Kier alpha value is -1.70. The van der Waals surface area contributed by atoms with Crippen LogP contribution in [-0.2, 0) is 9.53 Å². The van der Waals surface area contributed by atoms with Crippen molar-refractivity contribution in [2.24, 2.45) is 5.11 Å². The standard InChI is InChI=1S/C20H35N3O3/c1-3-5-6-7-8-9-10-11-12-13-14-15-16-17-18(22-23-21)19(24)20(25)26-4-2/h18-19,24H,3-15H2,1-2H3/t18-,19-/m0/s1. The van der Waals surface area contributed by atoms with Gasteiger partial charge in [0.2, 0.25) is 0 Å². The highest BCUT2D eigenvalue weighted by atomic mass is 16.5. The summed E-state index contributed by atoms with van der Waals surface area (Å²) >= 11 is 0. The van der Waals surface area contributed by atoms with Gasteiger partial charge in [-0.15, -0.1) is 5.92 Å². The van der Waals surface area contributed by atoms with Crippen LogP contribution in [0.3, 0.4) is 0 Å². The SMILES string of the molecule is CCCCCCCCCCCCCC#C[C@H](N=[N+]=[N-])[C@H](O)C(=O)OCC. The van der Waals surface area contributed by atoms with Gasteiger partial charge < -0.3 is 9.84 Å². The molecule has 0 radical (unpaired) electrons. The molecule has 0 aromatic heterocycles. The number of aliphatic hydroxyl groups excluding tert-OH is 1. The van der Waals surface area contributed by atoms with Crippen LogP contribution >= 0.6 is 0 Å².